The van der Waals surface area contributed by atoms with Crippen molar-refractivity contribution >= 4 is 52.4 Å². The molecule has 0 spiro atoms. The average Bonchev–Trinajstić information content (AvgIpc) is 3.52. The first-order valence-electron chi connectivity index (χ1n) is 18.6. The van der Waals surface area contributed by atoms with E-state index >= 15 is 0 Å². The summed E-state index contributed by atoms with van der Waals surface area (Å²) in [6, 6.07) is 4.81. The van der Waals surface area contributed by atoms with Gasteiger partial charge in [0.15, 0.2) is 33.6 Å². The van der Waals surface area contributed by atoms with Crippen LogP contribution < -0.4 is 20.9 Å². The van der Waals surface area contributed by atoms with Gasteiger partial charge in [0.05, 0.1) is 38.5 Å². The minimum absolute atomic E-state index is 0.0325. The average molecular weight is 829 g/mol. The standard InChI is InChI=1S/C35H55ClN9O12/c1-3-44-20-6-5-18(11-21(20)45(4-2)26(44)14-43(17-48)34-33(38)40-32(37)31(36)39-34)35(57)41-9-7-19(8-10-41)42(12-22(49)27(53)29(55)24(51)15-46)13-23(50)28(54)30(56)25(52)16-47/h5-6,11,17,19,22-25,27-30,46-47,49-56H,3-4,7-10,12-16H2,1-2H3,(H4,37,38,40)/q+1/t22-,23-,24+,25+,27+,28+,29+,30+/m0/s1. The molecule has 1 saturated heterocycles. The highest BCUT2D eigenvalue weighted by molar-refractivity contribution is 6.31. The number of amides is 2. The second kappa shape index (κ2) is 20.2. The third kappa shape index (κ3) is 10.2. The number of piperidine rings is 1. The number of imidazole rings is 1. The van der Waals surface area contributed by atoms with Crippen molar-refractivity contribution in [3.05, 3.63) is 34.7 Å². The van der Waals surface area contributed by atoms with E-state index in [0.717, 1.165) is 11.0 Å². The molecule has 1 aliphatic heterocycles. The number of rotatable bonds is 20. The van der Waals surface area contributed by atoms with Crippen LogP contribution in [0.15, 0.2) is 18.2 Å². The molecule has 1 aromatic carbocycles. The van der Waals surface area contributed by atoms with Crippen LogP contribution in [0.2, 0.25) is 5.15 Å². The van der Waals surface area contributed by atoms with Gasteiger partial charge in [-0.15, -0.1) is 0 Å². The largest absolute Gasteiger partial charge is 0.394 e. The molecule has 3 aromatic rings. The molecule has 21 nitrogen and oxygen atoms in total. The lowest BCUT2D eigenvalue weighted by Gasteiger charge is -2.41. The highest BCUT2D eigenvalue weighted by Crippen LogP contribution is 2.27. The molecule has 0 radical (unpaired) electrons. The number of benzene rings is 1. The Morgan fingerprint density at radius 1 is 0.895 bits per heavy atom. The second-order valence-electron chi connectivity index (χ2n) is 14.0. The fourth-order valence-corrected chi connectivity index (χ4v) is 7.29. The summed E-state index contributed by atoms with van der Waals surface area (Å²) in [6.07, 6.45) is -13.5. The van der Waals surface area contributed by atoms with E-state index in [1.54, 1.807) is 17.0 Å². The van der Waals surface area contributed by atoms with Crippen molar-refractivity contribution < 1.29 is 65.2 Å². The molecule has 2 aromatic heterocycles. The molecule has 1 aliphatic rings. The molecule has 57 heavy (non-hydrogen) atoms. The molecule has 22 heteroatoms. The van der Waals surface area contributed by atoms with Crippen LogP contribution in [0, 0.1) is 0 Å². The number of nitrogen functional groups attached to an aromatic ring is 2. The van der Waals surface area contributed by atoms with E-state index in [9.17, 15) is 60.7 Å². The monoisotopic (exact) mass is 828 g/mol. The summed E-state index contributed by atoms with van der Waals surface area (Å²) in [5, 5.41) is 101. The number of aliphatic hydroxyl groups is 10. The Balaban J connectivity index is 1.56. The first kappa shape index (κ1) is 45.9. The number of nitrogens with zero attached hydrogens (tertiary/aromatic N) is 7. The number of nitrogens with two attached hydrogens (primary N) is 2. The Kier molecular flexibility index (Phi) is 16.3. The number of carbonyl (C=O) groups excluding carboxylic acids is 2. The van der Waals surface area contributed by atoms with E-state index in [2.05, 4.69) is 9.97 Å². The maximum Gasteiger partial charge on any atom is 0.277 e. The van der Waals surface area contributed by atoms with Crippen molar-refractivity contribution in [3.63, 3.8) is 0 Å². The summed E-state index contributed by atoms with van der Waals surface area (Å²) in [5.41, 5.74) is 13.7. The zero-order chi connectivity index (χ0) is 42.3. The number of aryl methyl sites for hydroxylation is 2. The van der Waals surface area contributed by atoms with Crippen LogP contribution in [0.4, 0.5) is 17.5 Å². The first-order valence-corrected chi connectivity index (χ1v) is 19.0. The quantitative estimate of drug-likeness (QED) is 0.0377. The summed E-state index contributed by atoms with van der Waals surface area (Å²) < 4.78 is 3.96. The molecular weight excluding hydrogens is 774 g/mol. The SMILES string of the molecule is CCn1c(CN(C=O)c2nc(Cl)c(N)nc2N)[n+](CC)c2ccc(C(=O)N3CCC(N(C[C@H](O)[C@@H](O)[C@H](O)[C@H](O)CO)C[C@H](O)[C@@H](O)[C@H](O)[C@H](O)CO)CC3)cc21. The van der Waals surface area contributed by atoms with Crippen LogP contribution in [0.3, 0.4) is 0 Å². The maximum absolute atomic E-state index is 14.0. The molecule has 2 amide bonds. The molecule has 4 rings (SSSR count). The topological polar surface area (TPSA) is 333 Å². The van der Waals surface area contributed by atoms with Crippen LogP contribution in [0.5, 0.6) is 0 Å². The smallest absolute Gasteiger partial charge is 0.277 e. The number of hydrogen-bond acceptors (Lipinski definition) is 17. The highest BCUT2D eigenvalue weighted by Gasteiger charge is 2.38. The molecule has 0 bridgehead atoms. The molecular formula is C35H55ClN9O12+. The second-order valence-corrected chi connectivity index (χ2v) is 14.4. The van der Waals surface area contributed by atoms with Gasteiger partial charge in [0.1, 0.15) is 43.2 Å². The van der Waals surface area contributed by atoms with Gasteiger partial charge in [-0.3, -0.25) is 19.4 Å². The fraction of sp³-hybridized carbons (Fsp3) is 0.629. The van der Waals surface area contributed by atoms with Gasteiger partial charge in [0.2, 0.25) is 6.41 Å². The van der Waals surface area contributed by atoms with Gasteiger partial charge in [-0.1, -0.05) is 11.6 Å². The lowest BCUT2D eigenvalue weighted by atomic mass is 9.97. The highest BCUT2D eigenvalue weighted by atomic mass is 35.5. The maximum atomic E-state index is 14.0. The number of hydrogen-bond donors (Lipinski definition) is 12. The summed E-state index contributed by atoms with van der Waals surface area (Å²) >= 11 is 6.09. The van der Waals surface area contributed by atoms with Gasteiger partial charge in [0.25, 0.3) is 11.7 Å². The number of aliphatic hydroxyl groups excluding tert-OH is 10. The van der Waals surface area contributed by atoms with Gasteiger partial charge in [-0.25, -0.2) is 19.1 Å². The van der Waals surface area contributed by atoms with Gasteiger partial charge in [-0.2, -0.15) is 0 Å². The van der Waals surface area contributed by atoms with Gasteiger partial charge in [-0.05, 0) is 38.8 Å². The fourth-order valence-electron chi connectivity index (χ4n) is 7.17. The number of carbonyl (C=O) groups is 2. The molecule has 3 heterocycles. The molecule has 0 unspecified atom stereocenters. The number of aromatic nitrogens is 4. The molecule has 14 N–H and O–H groups in total. The first-order chi connectivity index (χ1) is 27.0. The van der Waals surface area contributed by atoms with E-state index in [4.69, 9.17) is 23.1 Å². The predicted octanol–water partition coefficient (Wildman–Crippen LogP) is -4.48. The lowest BCUT2D eigenvalue weighted by molar-refractivity contribution is -0.676. The molecule has 318 valence electrons. The molecule has 0 aliphatic carbocycles. The third-order valence-corrected chi connectivity index (χ3v) is 10.7. The van der Waals surface area contributed by atoms with Crippen LogP contribution in [-0.2, 0) is 24.4 Å². The zero-order valence-corrected chi connectivity index (χ0v) is 32.5. The minimum atomic E-state index is -1.92. The van der Waals surface area contributed by atoms with Crippen molar-refractivity contribution in [3.8, 4) is 0 Å². The van der Waals surface area contributed by atoms with Crippen LogP contribution in [0.1, 0.15) is 42.9 Å². The van der Waals surface area contributed by atoms with Crippen molar-refractivity contribution in [1.82, 2.24) is 24.3 Å². The van der Waals surface area contributed by atoms with E-state index in [1.165, 1.54) is 9.80 Å². The predicted molar refractivity (Wildman–Crippen MR) is 204 cm³/mol. The van der Waals surface area contributed by atoms with E-state index in [-0.39, 0.29) is 61.0 Å². The number of halogens is 1. The van der Waals surface area contributed by atoms with E-state index < -0.39 is 81.2 Å². The van der Waals surface area contributed by atoms with Crippen molar-refractivity contribution in [2.45, 2.75) is 101 Å². The summed E-state index contributed by atoms with van der Waals surface area (Å²) in [6.45, 7) is 2.71. The van der Waals surface area contributed by atoms with Crippen molar-refractivity contribution in [2.75, 3.05) is 55.8 Å². The summed E-state index contributed by atoms with van der Waals surface area (Å²) in [4.78, 5) is 38.8. The van der Waals surface area contributed by atoms with E-state index in [1.807, 2.05) is 29.0 Å². The molecule has 1 fully saturated rings. The van der Waals surface area contributed by atoms with Crippen molar-refractivity contribution in [1.29, 1.82) is 0 Å². The van der Waals surface area contributed by atoms with Gasteiger partial charge < -0.3 is 67.4 Å². The Morgan fingerprint density at radius 2 is 1.44 bits per heavy atom. The third-order valence-electron chi connectivity index (χ3n) is 10.4. The van der Waals surface area contributed by atoms with Crippen LogP contribution >= 0.6 is 11.6 Å². The Hall–Kier alpha value is -3.84. The number of anilines is 3. The number of fused-ring (bicyclic) bond motifs is 1. The van der Waals surface area contributed by atoms with Crippen molar-refractivity contribution in [2.24, 2.45) is 0 Å². The molecule has 8 atom stereocenters. The van der Waals surface area contributed by atoms with Gasteiger partial charge in [0, 0.05) is 43.9 Å². The minimum Gasteiger partial charge on any atom is -0.394 e. The summed E-state index contributed by atoms with van der Waals surface area (Å²) in [5.74, 6) is 0.300. The van der Waals surface area contributed by atoms with Gasteiger partial charge >= 0.3 is 0 Å². The Morgan fingerprint density at radius 3 is 1.93 bits per heavy atom. The summed E-state index contributed by atoms with van der Waals surface area (Å²) in [7, 11) is 0. The number of likely N-dealkylation sites (tertiary alicyclic amines) is 1. The van der Waals surface area contributed by atoms with Crippen LogP contribution in [-0.4, -0.2) is 182 Å². The Labute approximate surface area is 333 Å². The lowest BCUT2D eigenvalue weighted by Crippen LogP contribution is -2.56. The zero-order valence-electron chi connectivity index (χ0n) is 31.7. The molecule has 0 saturated carbocycles. The normalized spacial score (nSPS) is 18.2. The van der Waals surface area contributed by atoms with E-state index in [0.29, 0.717) is 30.9 Å². The Bertz CT molecular complexity index is 1790. The van der Waals surface area contributed by atoms with Crippen LogP contribution in [0.25, 0.3) is 11.0 Å².